The number of rotatable bonds is 4. The first-order valence-electron chi connectivity index (χ1n) is 8.64. The normalized spacial score (nSPS) is 18.5. The summed E-state index contributed by atoms with van der Waals surface area (Å²) in [5.74, 6) is 0.790. The van der Waals surface area contributed by atoms with Crippen LogP contribution in [-0.4, -0.2) is 51.6 Å². The monoisotopic (exact) mass is 351 g/mol. The van der Waals surface area contributed by atoms with Gasteiger partial charge in [0.2, 0.25) is 5.91 Å². The summed E-state index contributed by atoms with van der Waals surface area (Å²) in [5, 5.41) is 4.33. The van der Waals surface area contributed by atoms with E-state index in [-0.39, 0.29) is 11.9 Å². The molecule has 0 bridgehead atoms. The molecule has 3 heterocycles. The summed E-state index contributed by atoms with van der Waals surface area (Å²) in [7, 11) is 1.63. The minimum absolute atomic E-state index is 0.0742. The second-order valence-corrected chi connectivity index (χ2v) is 6.37. The van der Waals surface area contributed by atoms with Gasteiger partial charge in [-0.15, -0.1) is 0 Å². The van der Waals surface area contributed by atoms with E-state index in [0.717, 1.165) is 23.4 Å². The maximum Gasteiger partial charge on any atom is 0.244 e. The number of nitrogens with zero attached hydrogens (tertiary/aromatic N) is 5. The van der Waals surface area contributed by atoms with E-state index in [9.17, 15) is 4.79 Å². The zero-order valence-corrected chi connectivity index (χ0v) is 14.9. The fourth-order valence-corrected chi connectivity index (χ4v) is 3.43. The van der Waals surface area contributed by atoms with Crippen molar-refractivity contribution in [2.45, 2.75) is 19.5 Å². The van der Waals surface area contributed by atoms with Crippen molar-refractivity contribution in [2.24, 2.45) is 0 Å². The molecule has 0 unspecified atom stereocenters. The molecule has 1 atom stereocenters. The zero-order valence-electron chi connectivity index (χ0n) is 14.9. The lowest BCUT2D eigenvalue weighted by atomic mass is 10.1. The zero-order chi connectivity index (χ0) is 18.1. The predicted octanol–water partition coefficient (Wildman–Crippen LogP) is 1.98. The lowest BCUT2D eigenvalue weighted by Gasteiger charge is -2.39. The van der Waals surface area contributed by atoms with Gasteiger partial charge in [-0.05, 0) is 25.1 Å². The summed E-state index contributed by atoms with van der Waals surface area (Å²) in [6.45, 7) is 3.99. The number of hydrogen-bond acceptors (Lipinski definition) is 5. The van der Waals surface area contributed by atoms with Crippen LogP contribution in [-0.2, 0) is 11.3 Å². The second-order valence-electron chi connectivity index (χ2n) is 6.37. The molecule has 1 aliphatic rings. The highest BCUT2D eigenvalue weighted by atomic mass is 16.5. The van der Waals surface area contributed by atoms with Crippen LogP contribution in [0.25, 0.3) is 5.65 Å². The minimum atomic E-state index is -0.229. The highest BCUT2D eigenvalue weighted by molar-refractivity contribution is 5.99. The molecule has 0 aliphatic carbocycles. The van der Waals surface area contributed by atoms with Crippen LogP contribution in [0.4, 0.5) is 5.69 Å². The van der Waals surface area contributed by atoms with Gasteiger partial charge in [-0.3, -0.25) is 9.69 Å². The van der Waals surface area contributed by atoms with Gasteiger partial charge in [-0.2, -0.15) is 5.10 Å². The van der Waals surface area contributed by atoms with E-state index >= 15 is 0 Å². The Morgan fingerprint density at radius 1 is 1.23 bits per heavy atom. The largest absolute Gasteiger partial charge is 0.495 e. The molecule has 2 aromatic heterocycles. The molecule has 1 aromatic carbocycles. The Morgan fingerprint density at radius 2 is 2.08 bits per heavy atom. The lowest BCUT2D eigenvalue weighted by molar-refractivity contribution is -0.125. The van der Waals surface area contributed by atoms with Crippen LogP contribution in [0, 0.1) is 0 Å². The van der Waals surface area contributed by atoms with Gasteiger partial charge >= 0.3 is 0 Å². The first-order valence-corrected chi connectivity index (χ1v) is 8.64. The highest BCUT2D eigenvalue weighted by Gasteiger charge is 2.33. The Balaban J connectivity index is 1.55. The first kappa shape index (κ1) is 16.5. The molecule has 1 fully saturated rings. The number of benzene rings is 1. The molecule has 1 amide bonds. The van der Waals surface area contributed by atoms with E-state index in [2.05, 4.69) is 15.0 Å². The molecule has 1 aliphatic heterocycles. The van der Waals surface area contributed by atoms with Crippen molar-refractivity contribution in [1.29, 1.82) is 0 Å². The third-order valence-electron chi connectivity index (χ3n) is 4.88. The maximum absolute atomic E-state index is 13.0. The molecular weight excluding hydrogens is 330 g/mol. The molecule has 1 saturated heterocycles. The molecule has 7 heteroatoms. The summed E-state index contributed by atoms with van der Waals surface area (Å²) in [4.78, 5) is 21.4. The van der Waals surface area contributed by atoms with Crippen molar-refractivity contribution in [3.05, 3.63) is 54.5 Å². The summed E-state index contributed by atoms with van der Waals surface area (Å²) in [6.07, 6.45) is 5.46. The number of ether oxygens (including phenoxy) is 1. The Labute approximate surface area is 151 Å². The van der Waals surface area contributed by atoms with E-state index in [1.807, 2.05) is 54.5 Å². The van der Waals surface area contributed by atoms with E-state index in [1.165, 1.54) is 0 Å². The Hall–Kier alpha value is -2.93. The van der Waals surface area contributed by atoms with Crippen LogP contribution in [0.3, 0.4) is 0 Å². The van der Waals surface area contributed by atoms with Crippen LogP contribution >= 0.6 is 0 Å². The van der Waals surface area contributed by atoms with Gasteiger partial charge in [0, 0.05) is 37.6 Å². The second kappa shape index (κ2) is 6.76. The average molecular weight is 351 g/mol. The van der Waals surface area contributed by atoms with Gasteiger partial charge in [0.1, 0.15) is 5.75 Å². The van der Waals surface area contributed by atoms with Crippen molar-refractivity contribution in [3.63, 3.8) is 0 Å². The minimum Gasteiger partial charge on any atom is -0.495 e. The first-order chi connectivity index (χ1) is 12.7. The van der Waals surface area contributed by atoms with Gasteiger partial charge < -0.3 is 9.64 Å². The Bertz CT molecular complexity index is 938. The van der Waals surface area contributed by atoms with E-state index < -0.39 is 0 Å². The molecular formula is C19H21N5O2. The van der Waals surface area contributed by atoms with Gasteiger partial charge in [-0.1, -0.05) is 12.1 Å². The summed E-state index contributed by atoms with van der Waals surface area (Å²) >= 11 is 0. The SMILES string of the molecule is COc1ccccc1N1CCN(Cc2cnn3cccnc23)[C@H](C)C1=O. The maximum atomic E-state index is 13.0. The smallest absolute Gasteiger partial charge is 0.244 e. The molecule has 134 valence electrons. The fourth-order valence-electron chi connectivity index (χ4n) is 3.43. The van der Waals surface area contributed by atoms with Crippen molar-refractivity contribution in [2.75, 3.05) is 25.1 Å². The van der Waals surface area contributed by atoms with E-state index in [1.54, 1.807) is 17.8 Å². The van der Waals surface area contributed by atoms with E-state index in [0.29, 0.717) is 18.8 Å². The lowest BCUT2D eigenvalue weighted by Crippen LogP contribution is -2.55. The van der Waals surface area contributed by atoms with Crippen LogP contribution in [0.2, 0.25) is 0 Å². The quantitative estimate of drug-likeness (QED) is 0.719. The van der Waals surface area contributed by atoms with Gasteiger partial charge in [0.05, 0.1) is 25.0 Å². The number of amides is 1. The molecule has 0 N–H and O–H groups in total. The molecule has 3 aromatic rings. The topological polar surface area (TPSA) is 63.0 Å². The van der Waals surface area contributed by atoms with Crippen molar-refractivity contribution in [1.82, 2.24) is 19.5 Å². The highest BCUT2D eigenvalue weighted by Crippen LogP contribution is 2.30. The predicted molar refractivity (Wildman–Crippen MR) is 98.2 cm³/mol. The van der Waals surface area contributed by atoms with Crippen LogP contribution < -0.4 is 9.64 Å². The third-order valence-corrected chi connectivity index (χ3v) is 4.88. The molecule has 4 rings (SSSR count). The van der Waals surface area contributed by atoms with Crippen molar-refractivity contribution >= 4 is 17.2 Å². The van der Waals surface area contributed by atoms with Crippen molar-refractivity contribution < 1.29 is 9.53 Å². The number of aromatic nitrogens is 3. The summed E-state index contributed by atoms with van der Waals surface area (Å²) < 4.78 is 7.17. The van der Waals surface area contributed by atoms with Gasteiger partial charge in [0.25, 0.3) is 0 Å². The number of methoxy groups -OCH3 is 1. The Morgan fingerprint density at radius 3 is 2.92 bits per heavy atom. The standard InChI is InChI=1S/C19H21N5O2/c1-14-19(25)23(16-6-3-4-7-17(16)26-2)11-10-22(14)13-15-12-21-24-9-5-8-20-18(15)24/h3-9,12,14H,10-11,13H2,1-2H3/t14-/m1/s1. The van der Waals surface area contributed by atoms with E-state index in [4.69, 9.17) is 4.74 Å². The van der Waals surface area contributed by atoms with Crippen LogP contribution in [0.15, 0.2) is 48.9 Å². The molecule has 0 radical (unpaired) electrons. The van der Waals surface area contributed by atoms with Crippen molar-refractivity contribution in [3.8, 4) is 5.75 Å². The van der Waals surface area contributed by atoms with Crippen LogP contribution in [0.1, 0.15) is 12.5 Å². The number of hydrogen-bond donors (Lipinski definition) is 0. The third kappa shape index (κ3) is 2.80. The molecule has 7 nitrogen and oxygen atoms in total. The number of carbonyl (C=O) groups is 1. The molecule has 0 saturated carbocycles. The summed E-state index contributed by atoms with van der Waals surface area (Å²) in [5.41, 5.74) is 2.68. The summed E-state index contributed by atoms with van der Waals surface area (Å²) in [6, 6.07) is 9.25. The molecule has 0 spiro atoms. The number of piperazine rings is 1. The molecule has 26 heavy (non-hydrogen) atoms. The van der Waals surface area contributed by atoms with Gasteiger partial charge in [-0.25, -0.2) is 9.50 Å². The number of anilines is 1. The number of para-hydroxylation sites is 2. The average Bonchev–Trinajstić information content (AvgIpc) is 3.09. The number of carbonyl (C=O) groups excluding carboxylic acids is 1. The van der Waals surface area contributed by atoms with Crippen LogP contribution in [0.5, 0.6) is 5.75 Å². The number of fused-ring (bicyclic) bond motifs is 1. The fraction of sp³-hybridized carbons (Fsp3) is 0.316. The van der Waals surface area contributed by atoms with Gasteiger partial charge in [0.15, 0.2) is 5.65 Å². The Kier molecular flexibility index (Phi) is 4.30.